The molecular weight excluding hydrogens is 235 g/mol. The summed E-state index contributed by atoms with van der Waals surface area (Å²) in [6, 6.07) is 10.9. The van der Waals surface area contributed by atoms with Crippen molar-refractivity contribution in [2.45, 2.75) is 0 Å². The van der Waals surface area contributed by atoms with Crippen molar-refractivity contribution in [3.63, 3.8) is 0 Å². The second-order valence-corrected chi connectivity index (χ2v) is 3.41. The minimum atomic E-state index is -0.629. The van der Waals surface area contributed by atoms with E-state index in [1.807, 2.05) is 6.07 Å². The van der Waals surface area contributed by atoms with E-state index in [9.17, 15) is 4.39 Å². The van der Waals surface area contributed by atoms with Crippen LogP contribution in [0.2, 0.25) is 0 Å². The van der Waals surface area contributed by atoms with Gasteiger partial charge < -0.3 is 9.47 Å². The van der Waals surface area contributed by atoms with Gasteiger partial charge in [0.05, 0.1) is 18.7 Å². The second-order valence-electron chi connectivity index (χ2n) is 3.41. The molecule has 0 unspecified atom stereocenters. The smallest absolute Gasteiger partial charge is 0.221 e. The highest BCUT2D eigenvalue weighted by molar-refractivity contribution is 5.44. The number of hydrogen-bond acceptors (Lipinski definition) is 4. The topological polar surface area (TPSA) is 55.1 Å². The molecule has 5 heteroatoms. The molecule has 1 aromatic carbocycles. The van der Waals surface area contributed by atoms with Gasteiger partial charge in [-0.15, -0.1) is 0 Å². The molecule has 90 valence electrons. The van der Waals surface area contributed by atoms with Crippen molar-refractivity contribution in [1.82, 2.24) is 4.98 Å². The van der Waals surface area contributed by atoms with Gasteiger partial charge >= 0.3 is 0 Å². The van der Waals surface area contributed by atoms with Gasteiger partial charge in [0, 0.05) is 12.1 Å². The van der Waals surface area contributed by atoms with Gasteiger partial charge in [0.15, 0.2) is 0 Å². The summed E-state index contributed by atoms with van der Waals surface area (Å²) in [5.74, 6) is 0.340. The number of benzene rings is 1. The van der Waals surface area contributed by atoms with E-state index in [1.165, 1.54) is 31.4 Å². The van der Waals surface area contributed by atoms with Crippen molar-refractivity contribution in [1.29, 1.82) is 5.26 Å². The van der Waals surface area contributed by atoms with Crippen LogP contribution in [0.25, 0.3) is 0 Å². The minimum Gasteiger partial charge on any atom is -0.497 e. The molecule has 0 bridgehead atoms. The summed E-state index contributed by atoms with van der Waals surface area (Å²) in [7, 11) is 1.49. The van der Waals surface area contributed by atoms with Crippen LogP contribution in [-0.4, -0.2) is 12.1 Å². The predicted octanol–water partition coefficient (Wildman–Crippen LogP) is 2.89. The van der Waals surface area contributed by atoms with Crippen LogP contribution < -0.4 is 9.47 Å². The van der Waals surface area contributed by atoms with Crippen LogP contribution in [0.3, 0.4) is 0 Å². The monoisotopic (exact) mass is 244 g/mol. The molecule has 18 heavy (non-hydrogen) atoms. The number of aromatic nitrogens is 1. The zero-order valence-corrected chi connectivity index (χ0v) is 9.55. The van der Waals surface area contributed by atoms with Crippen LogP contribution >= 0.6 is 0 Å². The van der Waals surface area contributed by atoms with Crippen molar-refractivity contribution in [2.24, 2.45) is 0 Å². The highest BCUT2D eigenvalue weighted by atomic mass is 19.1. The molecule has 0 atom stereocenters. The lowest BCUT2D eigenvalue weighted by molar-refractivity contribution is 0.405. The first-order chi connectivity index (χ1) is 8.71. The highest BCUT2D eigenvalue weighted by Gasteiger charge is 2.05. The maximum absolute atomic E-state index is 12.9. The summed E-state index contributed by atoms with van der Waals surface area (Å²) in [6.07, 6.45) is 0. The Kier molecular flexibility index (Phi) is 3.39. The Morgan fingerprint density at radius 3 is 2.67 bits per heavy atom. The Morgan fingerprint density at radius 1 is 1.22 bits per heavy atom. The second kappa shape index (κ2) is 5.15. The maximum Gasteiger partial charge on any atom is 0.221 e. The Balaban J connectivity index is 2.31. The molecule has 0 radical (unpaired) electrons. The van der Waals surface area contributed by atoms with Gasteiger partial charge in [0.1, 0.15) is 11.5 Å². The van der Waals surface area contributed by atoms with Crippen LogP contribution in [0.4, 0.5) is 4.39 Å². The molecule has 2 rings (SSSR count). The molecule has 1 heterocycles. The molecule has 4 nitrogen and oxygen atoms in total. The van der Waals surface area contributed by atoms with Gasteiger partial charge in [-0.25, -0.2) is 0 Å². The van der Waals surface area contributed by atoms with Crippen molar-refractivity contribution in [2.75, 3.05) is 7.11 Å². The molecule has 1 aromatic heterocycles. The normalized spacial score (nSPS) is 9.61. The Morgan fingerprint density at radius 2 is 2.00 bits per heavy atom. The van der Waals surface area contributed by atoms with E-state index >= 15 is 0 Å². The summed E-state index contributed by atoms with van der Waals surface area (Å²) >= 11 is 0. The lowest BCUT2D eigenvalue weighted by Crippen LogP contribution is -1.92. The summed E-state index contributed by atoms with van der Waals surface area (Å²) in [5.41, 5.74) is 0.390. The molecule has 0 aliphatic heterocycles. The van der Waals surface area contributed by atoms with Crippen LogP contribution in [-0.2, 0) is 0 Å². The van der Waals surface area contributed by atoms with E-state index in [1.54, 1.807) is 12.1 Å². The van der Waals surface area contributed by atoms with Gasteiger partial charge in [0.25, 0.3) is 0 Å². The molecule has 0 aliphatic rings. The van der Waals surface area contributed by atoms with Crippen LogP contribution in [0, 0.1) is 17.3 Å². The number of nitriles is 1. The fourth-order valence-electron chi connectivity index (χ4n) is 1.38. The largest absolute Gasteiger partial charge is 0.497 e. The van der Waals surface area contributed by atoms with Gasteiger partial charge in [0.2, 0.25) is 11.8 Å². The summed E-state index contributed by atoms with van der Waals surface area (Å²) in [4.78, 5) is 3.57. The fraction of sp³-hybridized carbons (Fsp3) is 0.0769. The average Bonchev–Trinajstić information content (AvgIpc) is 2.38. The van der Waals surface area contributed by atoms with Gasteiger partial charge in [-0.05, 0) is 18.2 Å². The number of nitrogens with zero attached hydrogens (tertiary/aromatic N) is 2. The minimum absolute atomic E-state index is 0.118. The number of halogens is 1. The first-order valence-corrected chi connectivity index (χ1v) is 5.11. The molecule has 0 N–H and O–H groups in total. The molecule has 0 saturated heterocycles. The van der Waals surface area contributed by atoms with E-state index < -0.39 is 5.95 Å². The van der Waals surface area contributed by atoms with E-state index in [0.717, 1.165) is 0 Å². The number of methoxy groups -OCH3 is 1. The molecule has 0 amide bonds. The van der Waals surface area contributed by atoms with Gasteiger partial charge in [-0.2, -0.15) is 14.6 Å². The van der Waals surface area contributed by atoms with E-state index in [-0.39, 0.29) is 5.88 Å². The lowest BCUT2D eigenvalue weighted by atomic mass is 10.2. The first kappa shape index (κ1) is 11.9. The Labute approximate surface area is 103 Å². The highest BCUT2D eigenvalue weighted by Crippen LogP contribution is 2.26. The number of pyridine rings is 1. The molecule has 0 saturated carbocycles. The maximum atomic E-state index is 12.9. The summed E-state index contributed by atoms with van der Waals surface area (Å²) < 4.78 is 23.3. The van der Waals surface area contributed by atoms with Crippen LogP contribution in [0.1, 0.15) is 5.56 Å². The number of hydrogen-bond donors (Lipinski definition) is 0. The molecule has 0 aliphatic carbocycles. The third-order valence-electron chi connectivity index (χ3n) is 2.16. The predicted molar refractivity (Wildman–Crippen MR) is 62.0 cm³/mol. The SMILES string of the molecule is COc1cc(C#N)cc(Oc2cccc(F)n2)c1. The van der Waals surface area contributed by atoms with Gasteiger partial charge in [-0.3, -0.25) is 0 Å². The zero-order chi connectivity index (χ0) is 13.0. The number of rotatable bonds is 3. The van der Waals surface area contributed by atoms with E-state index in [2.05, 4.69) is 4.98 Å². The fourth-order valence-corrected chi connectivity index (χ4v) is 1.38. The Hall–Kier alpha value is -2.61. The van der Waals surface area contributed by atoms with Crippen molar-refractivity contribution >= 4 is 0 Å². The average molecular weight is 244 g/mol. The summed E-state index contributed by atoms with van der Waals surface area (Å²) in [6.45, 7) is 0. The zero-order valence-electron chi connectivity index (χ0n) is 9.55. The van der Waals surface area contributed by atoms with Crippen LogP contribution in [0.5, 0.6) is 17.4 Å². The van der Waals surface area contributed by atoms with E-state index in [4.69, 9.17) is 14.7 Å². The van der Waals surface area contributed by atoms with E-state index in [0.29, 0.717) is 17.1 Å². The van der Waals surface area contributed by atoms with Crippen molar-refractivity contribution in [3.8, 4) is 23.4 Å². The molecular formula is C13H9FN2O2. The molecule has 0 spiro atoms. The quantitative estimate of drug-likeness (QED) is 0.779. The van der Waals surface area contributed by atoms with Gasteiger partial charge in [-0.1, -0.05) is 6.07 Å². The van der Waals surface area contributed by atoms with Crippen molar-refractivity contribution in [3.05, 3.63) is 47.9 Å². The lowest BCUT2D eigenvalue weighted by Gasteiger charge is -2.07. The Bertz CT molecular complexity index is 608. The standard InChI is InChI=1S/C13H9FN2O2/c1-17-10-5-9(8-15)6-11(7-10)18-13-4-2-3-12(14)16-13/h2-7H,1H3. The van der Waals surface area contributed by atoms with Crippen LogP contribution in [0.15, 0.2) is 36.4 Å². The first-order valence-electron chi connectivity index (χ1n) is 5.11. The van der Waals surface area contributed by atoms with Crippen molar-refractivity contribution < 1.29 is 13.9 Å². The number of ether oxygens (including phenoxy) is 2. The molecule has 0 fully saturated rings. The molecule has 2 aromatic rings. The summed E-state index contributed by atoms with van der Waals surface area (Å²) in [5, 5.41) is 8.86. The third kappa shape index (κ3) is 2.74. The third-order valence-corrected chi connectivity index (χ3v) is 2.16.